The molecule has 0 radical (unpaired) electrons. The fourth-order valence-corrected chi connectivity index (χ4v) is 2.16. The number of rotatable bonds is 5. The zero-order valence-corrected chi connectivity index (χ0v) is 10.4. The van der Waals surface area contributed by atoms with Crippen LogP contribution in [0.3, 0.4) is 0 Å². The van der Waals surface area contributed by atoms with E-state index in [1.54, 1.807) is 0 Å². The van der Waals surface area contributed by atoms with Gasteiger partial charge in [0.2, 0.25) is 5.91 Å². The molecule has 2 N–H and O–H groups in total. The third-order valence-electron chi connectivity index (χ3n) is 1.96. The van der Waals surface area contributed by atoms with Gasteiger partial charge < -0.3 is 10.6 Å². The molecule has 0 saturated heterocycles. The van der Waals surface area contributed by atoms with E-state index < -0.39 is 0 Å². The molecule has 0 bridgehead atoms. The molecular formula is C10H15ClN2OS. The van der Waals surface area contributed by atoms with Crippen molar-refractivity contribution in [2.45, 2.75) is 26.4 Å². The van der Waals surface area contributed by atoms with Gasteiger partial charge in [0, 0.05) is 18.0 Å². The summed E-state index contributed by atoms with van der Waals surface area (Å²) in [4.78, 5) is 12.5. The second-order valence-electron chi connectivity index (χ2n) is 3.20. The third kappa shape index (κ3) is 4.20. The molecular weight excluding hydrogens is 232 g/mol. The van der Waals surface area contributed by atoms with E-state index in [1.165, 1.54) is 11.3 Å². The highest BCUT2D eigenvalue weighted by Crippen LogP contribution is 2.20. The average molecular weight is 247 g/mol. The molecule has 84 valence electrons. The first-order chi connectivity index (χ1) is 7.13. The van der Waals surface area contributed by atoms with E-state index in [1.807, 2.05) is 26.0 Å². The van der Waals surface area contributed by atoms with Crippen molar-refractivity contribution in [3.63, 3.8) is 0 Å². The maximum Gasteiger partial charge on any atom is 0.236 e. The van der Waals surface area contributed by atoms with Gasteiger partial charge in [0.25, 0.3) is 0 Å². The number of amides is 1. The lowest BCUT2D eigenvalue weighted by atomic mass is 10.3. The summed E-state index contributed by atoms with van der Waals surface area (Å²) < 4.78 is 0.775. The van der Waals surface area contributed by atoms with Gasteiger partial charge in [-0.2, -0.15) is 0 Å². The van der Waals surface area contributed by atoms with Crippen LogP contribution in [0.15, 0.2) is 12.1 Å². The first kappa shape index (κ1) is 12.5. The van der Waals surface area contributed by atoms with Crippen LogP contribution in [0.4, 0.5) is 0 Å². The molecule has 0 aliphatic rings. The number of halogens is 1. The van der Waals surface area contributed by atoms with Gasteiger partial charge in [-0.3, -0.25) is 4.79 Å². The largest absolute Gasteiger partial charge is 0.355 e. The first-order valence-electron chi connectivity index (χ1n) is 4.88. The number of hydrogen-bond donors (Lipinski definition) is 2. The quantitative estimate of drug-likeness (QED) is 0.835. The molecule has 1 atom stereocenters. The van der Waals surface area contributed by atoms with E-state index in [0.717, 1.165) is 9.21 Å². The minimum Gasteiger partial charge on any atom is -0.355 e. The smallest absolute Gasteiger partial charge is 0.236 e. The second-order valence-corrected chi connectivity index (χ2v) is 5.00. The lowest BCUT2D eigenvalue weighted by molar-refractivity contribution is -0.122. The molecule has 1 unspecified atom stereocenters. The highest BCUT2D eigenvalue weighted by molar-refractivity contribution is 7.16. The Labute approximate surface area is 98.8 Å². The van der Waals surface area contributed by atoms with Gasteiger partial charge in [0.1, 0.15) is 0 Å². The Hall–Kier alpha value is -0.580. The number of nitrogens with one attached hydrogen (secondary N) is 2. The van der Waals surface area contributed by atoms with E-state index in [-0.39, 0.29) is 11.9 Å². The van der Waals surface area contributed by atoms with Crippen molar-refractivity contribution in [1.29, 1.82) is 0 Å². The number of carbonyl (C=O) groups excluding carboxylic acids is 1. The van der Waals surface area contributed by atoms with Crippen LogP contribution >= 0.6 is 22.9 Å². The summed E-state index contributed by atoms with van der Waals surface area (Å²) in [6.07, 6.45) is 0. The summed E-state index contributed by atoms with van der Waals surface area (Å²) in [7, 11) is 0. The van der Waals surface area contributed by atoms with Crippen LogP contribution in [-0.4, -0.2) is 18.5 Å². The van der Waals surface area contributed by atoms with Gasteiger partial charge in [-0.15, -0.1) is 11.3 Å². The Morgan fingerprint density at radius 3 is 2.87 bits per heavy atom. The number of carbonyl (C=O) groups is 1. The molecule has 1 amide bonds. The summed E-state index contributed by atoms with van der Waals surface area (Å²) in [5.74, 6) is 0.0279. The summed E-state index contributed by atoms with van der Waals surface area (Å²) in [6, 6.07) is 3.65. The zero-order chi connectivity index (χ0) is 11.3. The molecule has 0 fully saturated rings. The SMILES string of the molecule is CCNC(=O)C(C)NCc1ccc(Cl)s1. The molecule has 0 spiro atoms. The Kier molecular flexibility index (Phi) is 5.08. The van der Waals surface area contributed by atoms with Gasteiger partial charge in [-0.1, -0.05) is 11.6 Å². The van der Waals surface area contributed by atoms with Crippen LogP contribution in [-0.2, 0) is 11.3 Å². The Bertz CT molecular complexity index is 327. The molecule has 15 heavy (non-hydrogen) atoms. The lowest BCUT2D eigenvalue weighted by Crippen LogP contribution is -2.41. The Balaban J connectivity index is 2.33. The monoisotopic (exact) mass is 246 g/mol. The van der Waals surface area contributed by atoms with Crippen molar-refractivity contribution in [2.24, 2.45) is 0 Å². The molecule has 0 aromatic carbocycles. The normalized spacial score (nSPS) is 12.5. The molecule has 0 saturated carbocycles. The fourth-order valence-electron chi connectivity index (χ4n) is 1.12. The second kappa shape index (κ2) is 6.10. The van der Waals surface area contributed by atoms with Gasteiger partial charge in [-0.25, -0.2) is 0 Å². The number of hydrogen-bond acceptors (Lipinski definition) is 3. The van der Waals surface area contributed by atoms with E-state index in [2.05, 4.69) is 10.6 Å². The predicted molar refractivity (Wildman–Crippen MR) is 64.3 cm³/mol. The van der Waals surface area contributed by atoms with Gasteiger partial charge in [0.05, 0.1) is 10.4 Å². The van der Waals surface area contributed by atoms with Crippen molar-refractivity contribution in [3.8, 4) is 0 Å². The van der Waals surface area contributed by atoms with Crippen molar-refractivity contribution in [1.82, 2.24) is 10.6 Å². The van der Waals surface area contributed by atoms with Crippen molar-refractivity contribution < 1.29 is 4.79 Å². The molecule has 5 heteroatoms. The van der Waals surface area contributed by atoms with Crippen molar-refractivity contribution in [3.05, 3.63) is 21.3 Å². The van der Waals surface area contributed by atoms with Crippen molar-refractivity contribution in [2.75, 3.05) is 6.54 Å². The average Bonchev–Trinajstić information content (AvgIpc) is 2.61. The molecule has 1 rings (SSSR count). The van der Waals surface area contributed by atoms with E-state index >= 15 is 0 Å². The predicted octanol–water partition coefficient (Wildman–Crippen LogP) is 2.02. The van der Waals surface area contributed by atoms with E-state index in [4.69, 9.17) is 11.6 Å². The van der Waals surface area contributed by atoms with Gasteiger partial charge in [-0.05, 0) is 26.0 Å². The summed E-state index contributed by atoms with van der Waals surface area (Å²) in [5, 5.41) is 5.90. The third-order valence-corrected chi connectivity index (χ3v) is 3.19. The van der Waals surface area contributed by atoms with Crippen LogP contribution in [0.25, 0.3) is 0 Å². The summed E-state index contributed by atoms with van der Waals surface area (Å²) in [6.45, 7) is 5.09. The standard InChI is InChI=1S/C10H15ClN2OS/c1-3-12-10(14)7(2)13-6-8-4-5-9(11)15-8/h4-5,7,13H,3,6H2,1-2H3,(H,12,14). The molecule has 1 aromatic rings. The summed E-state index contributed by atoms with van der Waals surface area (Å²) in [5.41, 5.74) is 0. The van der Waals surface area contributed by atoms with Gasteiger partial charge >= 0.3 is 0 Å². The van der Waals surface area contributed by atoms with Crippen LogP contribution in [0, 0.1) is 0 Å². The maximum atomic E-state index is 11.4. The first-order valence-corrected chi connectivity index (χ1v) is 6.08. The molecule has 1 heterocycles. The van der Waals surface area contributed by atoms with E-state index in [9.17, 15) is 4.79 Å². The topological polar surface area (TPSA) is 41.1 Å². The molecule has 1 aromatic heterocycles. The molecule has 0 aliphatic heterocycles. The zero-order valence-electron chi connectivity index (χ0n) is 8.84. The van der Waals surface area contributed by atoms with E-state index in [0.29, 0.717) is 13.1 Å². The van der Waals surface area contributed by atoms with Crippen LogP contribution in [0.1, 0.15) is 18.7 Å². The minimum atomic E-state index is -0.175. The van der Waals surface area contributed by atoms with Crippen LogP contribution in [0.5, 0.6) is 0 Å². The van der Waals surface area contributed by atoms with Crippen LogP contribution in [0.2, 0.25) is 4.34 Å². The highest BCUT2D eigenvalue weighted by atomic mass is 35.5. The highest BCUT2D eigenvalue weighted by Gasteiger charge is 2.10. The van der Waals surface area contributed by atoms with Gasteiger partial charge in [0.15, 0.2) is 0 Å². The number of likely N-dealkylation sites (N-methyl/N-ethyl adjacent to an activating group) is 1. The van der Waals surface area contributed by atoms with Crippen molar-refractivity contribution >= 4 is 28.8 Å². The summed E-state index contributed by atoms with van der Waals surface area (Å²) >= 11 is 7.33. The molecule has 3 nitrogen and oxygen atoms in total. The fraction of sp³-hybridized carbons (Fsp3) is 0.500. The maximum absolute atomic E-state index is 11.4. The Morgan fingerprint density at radius 1 is 1.60 bits per heavy atom. The van der Waals surface area contributed by atoms with Crippen LogP contribution < -0.4 is 10.6 Å². The number of thiophene rings is 1. The lowest BCUT2D eigenvalue weighted by Gasteiger charge is -2.12. The Morgan fingerprint density at radius 2 is 2.33 bits per heavy atom. The molecule has 0 aliphatic carbocycles. The minimum absolute atomic E-state index is 0.0279.